The number of pyridine rings is 1. The van der Waals surface area contributed by atoms with Gasteiger partial charge in [-0.15, -0.1) is 0 Å². The molecule has 0 aromatic carbocycles. The Morgan fingerprint density at radius 1 is 1.38 bits per heavy atom. The van der Waals surface area contributed by atoms with Crippen LogP contribution in [0.15, 0.2) is 23.8 Å². The van der Waals surface area contributed by atoms with Crippen molar-refractivity contribution in [1.29, 1.82) is 0 Å². The molecule has 0 spiro atoms. The summed E-state index contributed by atoms with van der Waals surface area (Å²) < 4.78 is 5.63. The van der Waals surface area contributed by atoms with Crippen molar-refractivity contribution >= 4 is 11.7 Å². The number of aromatic nitrogens is 1. The number of amides is 1. The number of rotatable bonds is 3. The van der Waals surface area contributed by atoms with E-state index < -0.39 is 0 Å². The normalized spacial score (nSPS) is 20.5. The Kier molecular flexibility index (Phi) is 5.16. The van der Waals surface area contributed by atoms with Crippen LogP contribution in [0.25, 0.3) is 0 Å². The van der Waals surface area contributed by atoms with Gasteiger partial charge in [-0.3, -0.25) is 4.79 Å². The lowest BCUT2D eigenvalue weighted by Crippen LogP contribution is -2.33. The van der Waals surface area contributed by atoms with Crippen LogP contribution in [0.3, 0.4) is 0 Å². The summed E-state index contributed by atoms with van der Waals surface area (Å²) in [6, 6.07) is 4.50. The van der Waals surface area contributed by atoms with Crippen LogP contribution in [0.2, 0.25) is 0 Å². The lowest BCUT2D eigenvalue weighted by molar-refractivity contribution is -0.123. The number of ether oxygens (including phenoxy) is 1. The Morgan fingerprint density at radius 2 is 2.12 bits per heavy atom. The van der Waals surface area contributed by atoms with E-state index in [1.807, 2.05) is 7.05 Å². The van der Waals surface area contributed by atoms with Gasteiger partial charge in [-0.1, -0.05) is 11.6 Å². The topological polar surface area (TPSA) is 57.7 Å². The minimum Gasteiger partial charge on any atom is -0.373 e. The van der Waals surface area contributed by atoms with E-state index >= 15 is 0 Å². The predicted octanol–water partition coefficient (Wildman–Crippen LogP) is 1.49. The van der Waals surface area contributed by atoms with Crippen molar-refractivity contribution in [1.82, 2.24) is 15.2 Å². The lowest BCUT2D eigenvalue weighted by atomic mass is 10.0. The molecule has 1 unspecified atom stereocenters. The van der Waals surface area contributed by atoms with Crippen LogP contribution in [0.4, 0.5) is 5.82 Å². The Labute approximate surface area is 143 Å². The highest BCUT2D eigenvalue weighted by atomic mass is 16.5. The Balaban J connectivity index is 1.68. The second kappa shape index (κ2) is 7.32. The third-order valence-corrected chi connectivity index (χ3v) is 4.74. The van der Waals surface area contributed by atoms with Gasteiger partial charge in [0, 0.05) is 33.3 Å². The van der Waals surface area contributed by atoms with Crippen molar-refractivity contribution in [3.05, 3.63) is 35.0 Å². The Bertz CT molecular complexity index is 632. The first kappa shape index (κ1) is 16.9. The fraction of sp³-hybridized carbons (Fsp3) is 0.556. The molecule has 3 rings (SSSR count). The number of anilines is 1. The average Bonchev–Trinajstić information content (AvgIpc) is 2.61. The third-order valence-electron chi connectivity index (χ3n) is 4.74. The standard InChI is InChI=1S/C18H26N4O2/c1-19-15-11-24-12-16-14(15)4-5-17(20-16)22-8-6-13(7-9-22)10-18(23)21(2)3/h4-5,10,15,19H,6-9,11-12H2,1-3H3. The summed E-state index contributed by atoms with van der Waals surface area (Å²) in [5.41, 5.74) is 3.49. The largest absolute Gasteiger partial charge is 0.373 e. The average molecular weight is 330 g/mol. The summed E-state index contributed by atoms with van der Waals surface area (Å²) >= 11 is 0. The van der Waals surface area contributed by atoms with Crippen LogP contribution in [0.5, 0.6) is 0 Å². The van der Waals surface area contributed by atoms with Crippen molar-refractivity contribution in [2.45, 2.75) is 25.5 Å². The Hall–Kier alpha value is -1.92. The van der Waals surface area contributed by atoms with Crippen LogP contribution in [0, 0.1) is 0 Å². The number of hydrogen-bond acceptors (Lipinski definition) is 5. The number of fused-ring (bicyclic) bond motifs is 1. The van der Waals surface area contributed by atoms with Gasteiger partial charge in [0.05, 0.1) is 24.9 Å². The molecule has 2 aliphatic rings. The fourth-order valence-electron chi connectivity index (χ4n) is 3.18. The molecule has 3 heterocycles. The molecule has 1 saturated heterocycles. The molecule has 1 N–H and O–H groups in total. The lowest BCUT2D eigenvalue weighted by Gasteiger charge is -2.31. The van der Waals surface area contributed by atoms with Crippen molar-refractivity contribution in [2.75, 3.05) is 45.7 Å². The minimum absolute atomic E-state index is 0.0700. The van der Waals surface area contributed by atoms with E-state index in [1.165, 1.54) is 11.1 Å². The quantitative estimate of drug-likeness (QED) is 0.851. The number of likely N-dealkylation sites (N-methyl/N-ethyl adjacent to an activating group) is 2. The fourth-order valence-corrected chi connectivity index (χ4v) is 3.18. The molecule has 1 aromatic rings. The number of carbonyl (C=O) groups excluding carboxylic acids is 1. The molecule has 1 fully saturated rings. The molecular formula is C18H26N4O2. The highest BCUT2D eigenvalue weighted by Crippen LogP contribution is 2.27. The van der Waals surface area contributed by atoms with E-state index in [0.29, 0.717) is 13.2 Å². The van der Waals surface area contributed by atoms with Crippen LogP contribution >= 0.6 is 0 Å². The minimum atomic E-state index is 0.0700. The van der Waals surface area contributed by atoms with Crippen LogP contribution < -0.4 is 10.2 Å². The summed E-state index contributed by atoms with van der Waals surface area (Å²) in [7, 11) is 5.52. The summed E-state index contributed by atoms with van der Waals surface area (Å²) in [4.78, 5) is 20.5. The molecule has 0 saturated carbocycles. The van der Waals surface area contributed by atoms with Crippen LogP contribution in [-0.2, 0) is 16.1 Å². The smallest absolute Gasteiger partial charge is 0.245 e. The maximum Gasteiger partial charge on any atom is 0.245 e. The number of hydrogen-bond donors (Lipinski definition) is 1. The zero-order chi connectivity index (χ0) is 17.1. The maximum atomic E-state index is 11.8. The third kappa shape index (κ3) is 3.60. The summed E-state index contributed by atoms with van der Waals surface area (Å²) in [6.07, 6.45) is 3.60. The number of piperidine rings is 1. The number of nitrogens with zero attached hydrogens (tertiary/aromatic N) is 3. The van der Waals surface area contributed by atoms with Crippen molar-refractivity contribution in [3.8, 4) is 0 Å². The van der Waals surface area contributed by atoms with E-state index in [-0.39, 0.29) is 11.9 Å². The van der Waals surface area contributed by atoms with Gasteiger partial charge in [-0.05, 0) is 31.5 Å². The molecule has 1 aromatic heterocycles. The van der Waals surface area contributed by atoms with Gasteiger partial charge in [0.1, 0.15) is 5.82 Å². The van der Waals surface area contributed by atoms with Gasteiger partial charge in [-0.25, -0.2) is 4.98 Å². The molecular weight excluding hydrogens is 304 g/mol. The van der Waals surface area contributed by atoms with Crippen molar-refractivity contribution in [3.63, 3.8) is 0 Å². The van der Waals surface area contributed by atoms with Gasteiger partial charge < -0.3 is 19.9 Å². The van der Waals surface area contributed by atoms with Crippen molar-refractivity contribution < 1.29 is 9.53 Å². The van der Waals surface area contributed by atoms with E-state index in [0.717, 1.165) is 37.4 Å². The van der Waals surface area contributed by atoms with E-state index in [9.17, 15) is 4.79 Å². The first-order valence-electron chi connectivity index (χ1n) is 8.49. The molecule has 6 nitrogen and oxygen atoms in total. The highest BCUT2D eigenvalue weighted by molar-refractivity contribution is 5.87. The second-order valence-electron chi connectivity index (χ2n) is 6.58. The SMILES string of the molecule is CNC1COCc2nc(N3CCC(=CC(=O)N(C)C)CC3)ccc21. The molecule has 2 aliphatic heterocycles. The monoisotopic (exact) mass is 330 g/mol. The van der Waals surface area contributed by atoms with Crippen LogP contribution in [0.1, 0.15) is 30.1 Å². The van der Waals surface area contributed by atoms with E-state index in [1.54, 1.807) is 25.1 Å². The highest BCUT2D eigenvalue weighted by Gasteiger charge is 2.23. The molecule has 24 heavy (non-hydrogen) atoms. The second-order valence-corrected chi connectivity index (χ2v) is 6.58. The first-order chi connectivity index (χ1) is 11.6. The predicted molar refractivity (Wildman–Crippen MR) is 93.9 cm³/mol. The van der Waals surface area contributed by atoms with Crippen molar-refractivity contribution in [2.24, 2.45) is 0 Å². The zero-order valence-corrected chi connectivity index (χ0v) is 14.7. The molecule has 0 radical (unpaired) electrons. The summed E-state index contributed by atoms with van der Waals surface area (Å²) in [6.45, 7) is 3.07. The first-order valence-corrected chi connectivity index (χ1v) is 8.49. The van der Waals surface area contributed by atoms with Gasteiger partial charge in [0.2, 0.25) is 5.91 Å². The van der Waals surface area contributed by atoms with Gasteiger partial charge in [0.25, 0.3) is 0 Å². The number of carbonyl (C=O) groups is 1. The van der Waals surface area contributed by atoms with Gasteiger partial charge in [0.15, 0.2) is 0 Å². The molecule has 1 amide bonds. The summed E-state index contributed by atoms with van der Waals surface area (Å²) in [5.74, 6) is 1.08. The molecule has 0 aliphatic carbocycles. The molecule has 0 bridgehead atoms. The number of nitrogens with one attached hydrogen (secondary N) is 1. The zero-order valence-electron chi connectivity index (χ0n) is 14.7. The van der Waals surface area contributed by atoms with E-state index in [4.69, 9.17) is 9.72 Å². The Morgan fingerprint density at radius 3 is 2.79 bits per heavy atom. The van der Waals surface area contributed by atoms with Crippen LogP contribution in [-0.4, -0.2) is 56.6 Å². The molecule has 1 atom stereocenters. The molecule has 6 heteroatoms. The van der Waals surface area contributed by atoms with Gasteiger partial charge in [-0.2, -0.15) is 0 Å². The molecule has 130 valence electrons. The van der Waals surface area contributed by atoms with Gasteiger partial charge >= 0.3 is 0 Å². The summed E-state index contributed by atoms with van der Waals surface area (Å²) in [5, 5.41) is 3.27. The maximum absolute atomic E-state index is 11.8. The van der Waals surface area contributed by atoms with E-state index in [2.05, 4.69) is 22.3 Å².